The Hall–Kier alpha value is -2.65. The molecule has 31 heavy (non-hydrogen) atoms. The third-order valence-electron chi connectivity index (χ3n) is 3.93. The number of ether oxygens (including phenoxy) is 1. The maximum Gasteiger partial charge on any atom is 0.266 e. The molecule has 0 aliphatic rings. The van der Waals surface area contributed by atoms with E-state index in [1.54, 1.807) is 49.4 Å². The number of benzene rings is 2. The molecule has 0 spiro atoms. The van der Waals surface area contributed by atoms with E-state index in [1.807, 2.05) is 11.4 Å². The average molecular weight is 494 g/mol. The fourth-order valence-corrected chi connectivity index (χ4v) is 3.76. The van der Waals surface area contributed by atoms with Gasteiger partial charge in [0.05, 0.1) is 9.90 Å². The highest BCUT2D eigenvalue weighted by Crippen LogP contribution is 2.28. The standard InChI is InChI=1S/C21H17Cl2N3O3S2/c1-12(29-17-8-7-13(22)10-16(17)23)19(27)26-21(30)25-15-5-2-4-14(11-15)24-20(28)18-6-3-9-31-18/h2-12H,1H3,(H,24,28)(H2,25,26,27,30)/t12-/m1/s1. The van der Waals surface area contributed by atoms with Gasteiger partial charge in [0.25, 0.3) is 11.8 Å². The van der Waals surface area contributed by atoms with Crippen molar-refractivity contribution in [3.05, 3.63) is 74.9 Å². The molecular formula is C21H17Cl2N3O3S2. The van der Waals surface area contributed by atoms with E-state index < -0.39 is 12.0 Å². The molecule has 1 atom stereocenters. The molecule has 0 bridgehead atoms. The molecular weight excluding hydrogens is 477 g/mol. The Morgan fingerprint density at radius 1 is 1.03 bits per heavy atom. The highest BCUT2D eigenvalue weighted by molar-refractivity contribution is 7.80. The predicted molar refractivity (Wildman–Crippen MR) is 130 cm³/mol. The van der Waals surface area contributed by atoms with E-state index in [1.165, 1.54) is 17.4 Å². The van der Waals surface area contributed by atoms with Gasteiger partial charge in [-0.2, -0.15) is 0 Å². The van der Waals surface area contributed by atoms with E-state index in [4.69, 9.17) is 40.2 Å². The summed E-state index contributed by atoms with van der Waals surface area (Å²) >= 11 is 18.5. The van der Waals surface area contributed by atoms with Crippen LogP contribution in [0.1, 0.15) is 16.6 Å². The van der Waals surface area contributed by atoms with Crippen LogP contribution in [0.4, 0.5) is 11.4 Å². The molecule has 1 heterocycles. The zero-order valence-electron chi connectivity index (χ0n) is 16.1. The van der Waals surface area contributed by atoms with E-state index in [2.05, 4.69) is 16.0 Å². The van der Waals surface area contributed by atoms with Crippen LogP contribution in [0.5, 0.6) is 5.75 Å². The van der Waals surface area contributed by atoms with Gasteiger partial charge in [-0.1, -0.05) is 35.3 Å². The summed E-state index contributed by atoms with van der Waals surface area (Å²) in [5, 5.41) is 11.0. The Labute approximate surface area is 198 Å². The predicted octanol–water partition coefficient (Wildman–Crippen LogP) is 5.59. The van der Waals surface area contributed by atoms with Crippen LogP contribution >= 0.6 is 46.8 Å². The average Bonchev–Trinajstić information content (AvgIpc) is 3.25. The van der Waals surface area contributed by atoms with E-state index in [-0.39, 0.29) is 11.0 Å². The monoisotopic (exact) mass is 493 g/mol. The first-order valence-corrected chi connectivity index (χ1v) is 11.0. The molecule has 0 radical (unpaired) electrons. The zero-order valence-corrected chi connectivity index (χ0v) is 19.3. The second-order valence-electron chi connectivity index (χ2n) is 6.29. The molecule has 3 rings (SSSR count). The number of amides is 2. The molecule has 10 heteroatoms. The van der Waals surface area contributed by atoms with Gasteiger partial charge in [0.2, 0.25) is 0 Å². The Morgan fingerprint density at radius 2 is 1.77 bits per heavy atom. The van der Waals surface area contributed by atoms with Gasteiger partial charge < -0.3 is 15.4 Å². The van der Waals surface area contributed by atoms with Gasteiger partial charge in [0.15, 0.2) is 11.2 Å². The minimum atomic E-state index is -0.852. The van der Waals surface area contributed by atoms with E-state index >= 15 is 0 Å². The lowest BCUT2D eigenvalue weighted by molar-refractivity contribution is -0.125. The summed E-state index contributed by atoms with van der Waals surface area (Å²) in [7, 11) is 0. The van der Waals surface area contributed by atoms with Crippen LogP contribution in [-0.2, 0) is 4.79 Å². The van der Waals surface area contributed by atoms with Crippen LogP contribution in [0.2, 0.25) is 10.0 Å². The molecule has 0 saturated heterocycles. The van der Waals surface area contributed by atoms with Gasteiger partial charge in [-0.15, -0.1) is 11.3 Å². The molecule has 0 fully saturated rings. The van der Waals surface area contributed by atoms with Crippen molar-refractivity contribution in [1.82, 2.24) is 5.32 Å². The Balaban J connectivity index is 1.55. The minimum absolute atomic E-state index is 0.0874. The summed E-state index contributed by atoms with van der Waals surface area (Å²) in [6.45, 7) is 1.57. The van der Waals surface area contributed by atoms with Gasteiger partial charge >= 0.3 is 0 Å². The van der Waals surface area contributed by atoms with E-state index in [9.17, 15) is 9.59 Å². The van der Waals surface area contributed by atoms with Crippen molar-refractivity contribution in [2.75, 3.05) is 10.6 Å². The first-order valence-electron chi connectivity index (χ1n) is 9.00. The van der Waals surface area contributed by atoms with Crippen molar-refractivity contribution in [1.29, 1.82) is 0 Å². The number of hydrogen-bond acceptors (Lipinski definition) is 5. The van der Waals surface area contributed by atoms with Crippen molar-refractivity contribution in [3.8, 4) is 5.75 Å². The number of nitrogens with one attached hydrogen (secondary N) is 3. The number of carbonyl (C=O) groups is 2. The molecule has 0 saturated carbocycles. The lowest BCUT2D eigenvalue weighted by Gasteiger charge is -2.17. The fraction of sp³-hybridized carbons (Fsp3) is 0.0952. The number of anilines is 2. The number of thiophene rings is 1. The van der Waals surface area contributed by atoms with Crippen molar-refractivity contribution in [2.45, 2.75) is 13.0 Å². The second kappa shape index (κ2) is 10.6. The molecule has 2 aromatic carbocycles. The van der Waals surface area contributed by atoms with Crippen molar-refractivity contribution in [3.63, 3.8) is 0 Å². The van der Waals surface area contributed by atoms with Crippen molar-refractivity contribution >= 4 is 75.1 Å². The lowest BCUT2D eigenvalue weighted by Crippen LogP contribution is -2.42. The fourth-order valence-electron chi connectivity index (χ4n) is 2.47. The summed E-state index contributed by atoms with van der Waals surface area (Å²) in [4.78, 5) is 25.2. The molecule has 1 aromatic heterocycles. The SMILES string of the molecule is C[C@@H](Oc1ccc(Cl)cc1Cl)C(=O)NC(=S)Nc1cccc(NC(=O)c2cccs2)c1. The quantitative estimate of drug-likeness (QED) is 0.390. The molecule has 2 amide bonds. The van der Waals surface area contributed by atoms with Crippen LogP contribution in [-0.4, -0.2) is 23.0 Å². The van der Waals surface area contributed by atoms with Crippen LogP contribution in [0.3, 0.4) is 0 Å². The van der Waals surface area contributed by atoms with Crippen molar-refractivity contribution in [2.24, 2.45) is 0 Å². The van der Waals surface area contributed by atoms with Crippen LogP contribution in [0.15, 0.2) is 60.0 Å². The Kier molecular flexibility index (Phi) is 7.86. The Morgan fingerprint density at radius 3 is 2.45 bits per heavy atom. The smallest absolute Gasteiger partial charge is 0.266 e. The summed E-state index contributed by atoms with van der Waals surface area (Å²) in [6.07, 6.45) is -0.852. The van der Waals surface area contributed by atoms with Crippen molar-refractivity contribution < 1.29 is 14.3 Å². The number of carbonyl (C=O) groups excluding carboxylic acids is 2. The van der Waals surface area contributed by atoms with Crippen LogP contribution in [0.25, 0.3) is 0 Å². The molecule has 3 aromatic rings. The lowest BCUT2D eigenvalue weighted by atomic mass is 10.2. The molecule has 0 unspecified atom stereocenters. The summed E-state index contributed by atoms with van der Waals surface area (Å²) in [6, 6.07) is 15.3. The first kappa shape index (κ1) is 23.0. The molecule has 0 aliphatic heterocycles. The maximum atomic E-state index is 12.4. The second-order valence-corrected chi connectivity index (χ2v) is 8.49. The normalized spacial score (nSPS) is 11.3. The topological polar surface area (TPSA) is 79.5 Å². The van der Waals surface area contributed by atoms with Gasteiger partial charge in [-0.25, -0.2) is 0 Å². The summed E-state index contributed by atoms with van der Waals surface area (Å²) in [5.41, 5.74) is 1.19. The van der Waals surface area contributed by atoms with E-state index in [0.717, 1.165) is 0 Å². The molecule has 3 N–H and O–H groups in total. The number of thiocarbonyl (C=S) groups is 1. The van der Waals surface area contributed by atoms with Gasteiger partial charge in [-0.3, -0.25) is 14.9 Å². The first-order chi connectivity index (χ1) is 14.8. The van der Waals surface area contributed by atoms with Gasteiger partial charge in [-0.05, 0) is 67.0 Å². The van der Waals surface area contributed by atoms with Crippen LogP contribution < -0.4 is 20.7 Å². The molecule has 6 nitrogen and oxygen atoms in total. The number of hydrogen-bond donors (Lipinski definition) is 3. The van der Waals surface area contributed by atoms with Gasteiger partial charge in [0.1, 0.15) is 5.75 Å². The minimum Gasteiger partial charge on any atom is -0.479 e. The van der Waals surface area contributed by atoms with E-state index in [0.29, 0.717) is 32.0 Å². The third-order valence-corrected chi connectivity index (χ3v) is 5.53. The maximum absolute atomic E-state index is 12.4. The zero-order chi connectivity index (χ0) is 22.4. The summed E-state index contributed by atoms with van der Waals surface area (Å²) < 4.78 is 5.57. The van der Waals surface area contributed by atoms with Gasteiger partial charge in [0, 0.05) is 16.4 Å². The molecule has 0 aliphatic carbocycles. The highest BCUT2D eigenvalue weighted by atomic mass is 35.5. The largest absolute Gasteiger partial charge is 0.479 e. The third kappa shape index (κ3) is 6.67. The summed E-state index contributed by atoms with van der Waals surface area (Å²) in [5.74, 6) is -0.317. The number of halogens is 2. The number of rotatable bonds is 6. The Bertz CT molecular complexity index is 1110. The molecule has 160 valence electrons. The highest BCUT2D eigenvalue weighted by Gasteiger charge is 2.17. The van der Waals surface area contributed by atoms with Crippen LogP contribution in [0, 0.1) is 0 Å².